The summed E-state index contributed by atoms with van der Waals surface area (Å²) in [5, 5.41) is 11.9. The Bertz CT molecular complexity index is 358. The molecule has 15 heavy (non-hydrogen) atoms. The van der Waals surface area contributed by atoms with Crippen LogP contribution in [0.15, 0.2) is 16.7 Å². The van der Waals surface area contributed by atoms with E-state index in [4.69, 9.17) is 9.52 Å². The third kappa shape index (κ3) is 2.59. The van der Waals surface area contributed by atoms with Crippen LogP contribution in [0.25, 0.3) is 0 Å². The standard InChI is InChI=1S/C11H15NO3/c1-7-2-8(7)4-12-5-10-3-9(6-15-10)11(13)14/h3,6-8,12H,2,4-5H2,1H3,(H,13,14). The molecule has 1 aromatic heterocycles. The van der Waals surface area contributed by atoms with Crippen LogP contribution in [0, 0.1) is 11.8 Å². The largest absolute Gasteiger partial charge is 0.478 e. The lowest BCUT2D eigenvalue weighted by atomic mass is 10.3. The molecule has 1 aliphatic rings. The summed E-state index contributed by atoms with van der Waals surface area (Å²) in [6, 6.07) is 1.56. The number of furan rings is 1. The van der Waals surface area contributed by atoms with E-state index in [9.17, 15) is 4.79 Å². The predicted octanol–water partition coefficient (Wildman–Crippen LogP) is 1.72. The fraction of sp³-hybridized carbons (Fsp3) is 0.545. The van der Waals surface area contributed by atoms with Crippen LogP contribution in [0.3, 0.4) is 0 Å². The molecule has 1 saturated carbocycles. The topological polar surface area (TPSA) is 62.5 Å². The van der Waals surface area contributed by atoms with Gasteiger partial charge in [-0.1, -0.05) is 6.92 Å². The lowest BCUT2D eigenvalue weighted by molar-refractivity contribution is 0.0696. The van der Waals surface area contributed by atoms with Gasteiger partial charge in [0.05, 0.1) is 12.1 Å². The summed E-state index contributed by atoms with van der Waals surface area (Å²) in [5.41, 5.74) is 0.214. The van der Waals surface area contributed by atoms with Gasteiger partial charge >= 0.3 is 5.97 Å². The predicted molar refractivity (Wildman–Crippen MR) is 54.6 cm³/mol. The Kier molecular flexibility index (Phi) is 2.77. The molecule has 1 heterocycles. The molecule has 0 radical (unpaired) electrons. The molecule has 0 spiro atoms. The Hall–Kier alpha value is -1.29. The van der Waals surface area contributed by atoms with Crippen molar-refractivity contribution < 1.29 is 14.3 Å². The SMILES string of the molecule is CC1CC1CNCc1cc(C(=O)O)co1. The smallest absolute Gasteiger partial charge is 0.338 e. The van der Waals surface area contributed by atoms with Crippen molar-refractivity contribution in [3.8, 4) is 0 Å². The van der Waals surface area contributed by atoms with Gasteiger partial charge in [0.1, 0.15) is 12.0 Å². The Morgan fingerprint density at radius 3 is 3.00 bits per heavy atom. The van der Waals surface area contributed by atoms with E-state index >= 15 is 0 Å². The van der Waals surface area contributed by atoms with Crippen LogP contribution >= 0.6 is 0 Å². The zero-order valence-electron chi connectivity index (χ0n) is 8.69. The Morgan fingerprint density at radius 2 is 2.47 bits per heavy atom. The molecule has 2 rings (SSSR count). The number of hydrogen-bond donors (Lipinski definition) is 2. The highest BCUT2D eigenvalue weighted by molar-refractivity contribution is 5.87. The van der Waals surface area contributed by atoms with E-state index < -0.39 is 5.97 Å². The van der Waals surface area contributed by atoms with Crippen molar-refractivity contribution >= 4 is 5.97 Å². The second-order valence-electron chi connectivity index (χ2n) is 4.21. The molecule has 1 aromatic rings. The molecule has 4 heteroatoms. The van der Waals surface area contributed by atoms with Crippen molar-refractivity contribution in [3.05, 3.63) is 23.7 Å². The molecule has 0 aliphatic heterocycles. The van der Waals surface area contributed by atoms with Crippen LogP contribution in [0.4, 0.5) is 0 Å². The number of carbonyl (C=O) groups is 1. The van der Waals surface area contributed by atoms with Crippen LogP contribution in [0.5, 0.6) is 0 Å². The van der Waals surface area contributed by atoms with E-state index in [2.05, 4.69) is 12.2 Å². The number of aromatic carboxylic acids is 1. The lowest BCUT2D eigenvalue weighted by Crippen LogP contribution is -2.16. The highest BCUT2D eigenvalue weighted by Crippen LogP contribution is 2.36. The van der Waals surface area contributed by atoms with E-state index in [0.29, 0.717) is 12.3 Å². The summed E-state index contributed by atoms with van der Waals surface area (Å²) < 4.78 is 5.11. The normalized spacial score (nSPS) is 24.1. The molecule has 2 N–H and O–H groups in total. The van der Waals surface area contributed by atoms with Crippen molar-refractivity contribution in [2.75, 3.05) is 6.54 Å². The third-order valence-corrected chi connectivity index (χ3v) is 2.88. The van der Waals surface area contributed by atoms with Crippen LogP contribution in [-0.2, 0) is 6.54 Å². The monoisotopic (exact) mass is 209 g/mol. The quantitative estimate of drug-likeness (QED) is 0.775. The average molecular weight is 209 g/mol. The van der Waals surface area contributed by atoms with E-state index in [-0.39, 0.29) is 5.56 Å². The van der Waals surface area contributed by atoms with Gasteiger partial charge in [-0.05, 0) is 30.9 Å². The molecule has 0 saturated heterocycles. The van der Waals surface area contributed by atoms with Crippen molar-refractivity contribution in [1.82, 2.24) is 5.32 Å². The third-order valence-electron chi connectivity index (χ3n) is 2.88. The zero-order valence-corrected chi connectivity index (χ0v) is 8.69. The van der Waals surface area contributed by atoms with Crippen molar-refractivity contribution in [2.24, 2.45) is 11.8 Å². The summed E-state index contributed by atoms with van der Waals surface area (Å²) in [7, 11) is 0. The van der Waals surface area contributed by atoms with Gasteiger partial charge in [0.15, 0.2) is 0 Å². The van der Waals surface area contributed by atoms with Crippen LogP contribution in [0.1, 0.15) is 29.5 Å². The van der Waals surface area contributed by atoms with Gasteiger partial charge in [-0.15, -0.1) is 0 Å². The molecule has 82 valence electrons. The summed E-state index contributed by atoms with van der Waals surface area (Å²) in [4.78, 5) is 10.6. The fourth-order valence-electron chi connectivity index (χ4n) is 1.65. The van der Waals surface area contributed by atoms with Gasteiger partial charge in [0.2, 0.25) is 0 Å². The maximum absolute atomic E-state index is 10.6. The maximum Gasteiger partial charge on any atom is 0.338 e. The first kappa shape index (κ1) is 10.2. The Balaban J connectivity index is 1.75. The summed E-state index contributed by atoms with van der Waals surface area (Å²) in [6.45, 7) is 3.84. The zero-order chi connectivity index (χ0) is 10.8. The lowest BCUT2D eigenvalue weighted by Gasteiger charge is -1.99. The first-order chi connectivity index (χ1) is 7.16. The number of rotatable bonds is 5. The molecular formula is C11H15NO3. The van der Waals surface area contributed by atoms with Crippen molar-refractivity contribution in [3.63, 3.8) is 0 Å². The molecule has 1 aliphatic carbocycles. The maximum atomic E-state index is 10.6. The minimum Gasteiger partial charge on any atom is -0.478 e. The molecule has 2 unspecified atom stereocenters. The molecule has 2 atom stereocenters. The highest BCUT2D eigenvalue weighted by Gasteiger charge is 2.31. The van der Waals surface area contributed by atoms with Crippen LogP contribution < -0.4 is 5.32 Å². The minimum absolute atomic E-state index is 0.214. The molecular weight excluding hydrogens is 194 g/mol. The van der Waals surface area contributed by atoms with Gasteiger partial charge in [0, 0.05) is 0 Å². The van der Waals surface area contributed by atoms with E-state index in [0.717, 1.165) is 18.4 Å². The molecule has 0 amide bonds. The highest BCUT2D eigenvalue weighted by atomic mass is 16.4. The van der Waals surface area contributed by atoms with Gasteiger partial charge in [-0.3, -0.25) is 0 Å². The van der Waals surface area contributed by atoms with Crippen molar-refractivity contribution in [2.45, 2.75) is 19.9 Å². The minimum atomic E-state index is -0.944. The number of carboxylic acids is 1. The summed E-state index contributed by atoms with van der Waals surface area (Å²) in [5.74, 6) is 1.36. The molecule has 0 aromatic carbocycles. The first-order valence-corrected chi connectivity index (χ1v) is 5.18. The van der Waals surface area contributed by atoms with E-state index in [1.807, 2.05) is 0 Å². The van der Waals surface area contributed by atoms with E-state index in [1.54, 1.807) is 6.07 Å². The molecule has 0 bridgehead atoms. The number of nitrogens with one attached hydrogen (secondary N) is 1. The summed E-state index contributed by atoms with van der Waals surface area (Å²) in [6.07, 6.45) is 2.57. The average Bonchev–Trinajstić information content (AvgIpc) is 2.71. The van der Waals surface area contributed by atoms with Crippen LogP contribution in [0.2, 0.25) is 0 Å². The molecule has 4 nitrogen and oxygen atoms in total. The Labute approximate surface area is 88.3 Å². The van der Waals surface area contributed by atoms with Crippen molar-refractivity contribution in [1.29, 1.82) is 0 Å². The van der Waals surface area contributed by atoms with E-state index in [1.165, 1.54) is 12.7 Å². The van der Waals surface area contributed by atoms with Gasteiger partial charge < -0.3 is 14.8 Å². The Morgan fingerprint density at radius 1 is 1.73 bits per heavy atom. The van der Waals surface area contributed by atoms with Crippen LogP contribution in [-0.4, -0.2) is 17.6 Å². The number of carboxylic acid groups (broad SMARTS) is 1. The van der Waals surface area contributed by atoms with Gasteiger partial charge in [0.25, 0.3) is 0 Å². The first-order valence-electron chi connectivity index (χ1n) is 5.18. The fourth-order valence-corrected chi connectivity index (χ4v) is 1.65. The van der Waals surface area contributed by atoms with Gasteiger partial charge in [-0.25, -0.2) is 4.79 Å². The molecule has 1 fully saturated rings. The summed E-state index contributed by atoms with van der Waals surface area (Å²) >= 11 is 0. The second kappa shape index (κ2) is 4.06. The van der Waals surface area contributed by atoms with Gasteiger partial charge in [-0.2, -0.15) is 0 Å². The number of hydrogen-bond acceptors (Lipinski definition) is 3. The second-order valence-corrected chi connectivity index (χ2v) is 4.21.